The topological polar surface area (TPSA) is 105 Å². The van der Waals surface area contributed by atoms with E-state index in [1.807, 2.05) is 45.0 Å². The van der Waals surface area contributed by atoms with Crippen LogP contribution in [0.5, 0.6) is 0 Å². The van der Waals surface area contributed by atoms with Crippen LogP contribution in [0.15, 0.2) is 48.5 Å². The van der Waals surface area contributed by atoms with Crippen LogP contribution in [0.3, 0.4) is 0 Å². The zero-order valence-electron chi connectivity index (χ0n) is 21.1. The fourth-order valence-corrected chi connectivity index (χ4v) is 4.96. The number of carbonyl (C=O) groups excluding carboxylic acids is 2. The molecule has 0 fully saturated rings. The van der Waals surface area contributed by atoms with E-state index in [1.54, 1.807) is 13.8 Å². The lowest BCUT2D eigenvalue weighted by Gasteiger charge is -2.29. The van der Waals surface area contributed by atoms with Gasteiger partial charge in [0.05, 0.1) is 5.92 Å². The third kappa shape index (κ3) is 5.84. The highest BCUT2D eigenvalue weighted by Gasteiger charge is 2.34. The summed E-state index contributed by atoms with van der Waals surface area (Å²) < 4.78 is 5.62. The van der Waals surface area contributed by atoms with Crippen LogP contribution in [0.1, 0.15) is 58.1 Å². The molecule has 0 radical (unpaired) electrons. The minimum atomic E-state index is -1.06. The van der Waals surface area contributed by atoms with Gasteiger partial charge >= 0.3 is 12.1 Å². The second-order valence-electron chi connectivity index (χ2n) is 9.74. The van der Waals surface area contributed by atoms with Gasteiger partial charge in [-0.25, -0.2) is 9.59 Å². The smallest absolute Gasteiger partial charge is 0.407 e. The van der Waals surface area contributed by atoms with Crippen LogP contribution in [0.4, 0.5) is 4.79 Å². The van der Waals surface area contributed by atoms with Gasteiger partial charge in [-0.15, -0.1) is 0 Å². The van der Waals surface area contributed by atoms with Crippen molar-refractivity contribution in [3.8, 4) is 11.1 Å². The molecule has 1 aliphatic carbocycles. The third-order valence-corrected chi connectivity index (χ3v) is 7.03. The summed E-state index contributed by atoms with van der Waals surface area (Å²) in [6.07, 6.45) is 0.0199. The van der Waals surface area contributed by atoms with E-state index in [0.29, 0.717) is 6.42 Å². The van der Waals surface area contributed by atoms with Crippen molar-refractivity contribution in [3.63, 3.8) is 0 Å². The van der Waals surface area contributed by atoms with Crippen molar-refractivity contribution in [2.75, 3.05) is 6.61 Å². The number of carboxylic acid groups (broad SMARTS) is 1. The minimum Gasteiger partial charge on any atom is -0.480 e. The number of amides is 2. The Morgan fingerprint density at radius 1 is 0.914 bits per heavy atom. The summed E-state index contributed by atoms with van der Waals surface area (Å²) in [7, 11) is 0. The zero-order chi connectivity index (χ0) is 25.7. The largest absolute Gasteiger partial charge is 0.480 e. The van der Waals surface area contributed by atoms with E-state index in [9.17, 15) is 19.5 Å². The maximum Gasteiger partial charge on any atom is 0.407 e. The Bertz CT molecular complexity index is 1020. The summed E-state index contributed by atoms with van der Waals surface area (Å²) in [4.78, 5) is 37.4. The summed E-state index contributed by atoms with van der Waals surface area (Å²) in [5.41, 5.74) is 4.55. The van der Waals surface area contributed by atoms with Crippen molar-refractivity contribution in [3.05, 3.63) is 59.7 Å². The van der Waals surface area contributed by atoms with Crippen LogP contribution in [-0.2, 0) is 14.3 Å². The van der Waals surface area contributed by atoms with Gasteiger partial charge in [-0.2, -0.15) is 0 Å². The summed E-state index contributed by atoms with van der Waals surface area (Å²) in [6.45, 7) is 9.35. The van der Waals surface area contributed by atoms with Gasteiger partial charge in [-0.3, -0.25) is 4.79 Å². The van der Waals surface area contributed by atoms with E-state index in [-0.39, 0.29) is 30.3 Å². The maximum atomic E-state index is 13.0. The number of benzene rings is 2. The molecule has 2 amide bonds. The Balaban J connectivity index is 1.65. The van der Waals surface area contributed by atoms with Gasteiger partial charge in [-0.05, 0) is 41.0 Å². The highest BCUT2D eigenvalue weighted by Crippen LogP contribution is 2.44. The highest BCUT2D eigenvalue weighted by molar-refractivity contribution is 5.86. The molecule has 0 saturated heterocycles. The van der Waals surface area contributed by atoms with E-state index in [1.165, 1.54) is 0 Å². The first-order chi connectivity index (χ1) is 16.6. The molecule has 0 heterocycles. The van der Waals surface area contributed by atoms with Crippen LogP contribution in [-0.4, -0.2) is 41.8 Å². The number of carbonyl (C=O) groups is 3. The molecule has 3 N–H and O–H groups in total. The molecule has 4 unspecified atom stereocenters. The Labute approximate surface area is 207 Å². The molecule has 0 aromatic heterocycles. The van der Waals surface area contributed by atoms with E-state index in [2.05, 4.69) is 34.9 Å². The Hall–Kier alpha value is -3.35. The number of hydrogen-bond donors (Lipinski definition) is 3. The predicted molar refractivity (Wildman–Crippen MR) is 135 cm³/mol. The monoisotopic (exact) mass is 480 g/mol. The molecule has 7 nitrogen and oxygen atoms in total. The number of aliphatic carboxylic acids is 1. The molecule has 3 rings (SSSR count). The summed E-state index contributed by atoms with van der Waals surface area (Å²) in [5.74, 6) is -2.45. The summed E-state index contributed by atoms with van der Waals surface area (Å²) in [6, 6.07) is 14.7. The van der Waals surface area contributed by atoms with Crippen LogP contribution in [0, 0.1) is 17.8 Å². The van der Waals surface area contributed by atoms with Gasteiger partial charge in [0.25, 0.3) is 0 Å². The van der Waals surface area contributed by atoms with Crippen LogP contribution < -0.4 is 10.6 Å². The van der Waals surface area contributed by atoms with Crippen LogP contribution in [0.25, 0.3) is 11.1 Å². The number of rotatable bonds is 10. The normalized spacial score (nSPS) is 15.9. The van der Waals surface area contributed by atoms with E-state index >= 15 is 0 Å². The minimum absolute atomic E-state index is 0.0560. The van der Waals surface area contributed by atoms with Gasteiger partial charge in [-0.1, -0.05) is 82.6 Å². The third-order valence-electron chi connectivity index (χ3n) is 7.03. The second-order valence-corrected chi connectivity index (χ2v) is 9.74. The fraction of sp³-hybridized carbons (Fsp3) is 0.464. The summed E-state index contributed by atoms with van der Waals surface area (Å²) in [5, 5.41) is 15.0. The molecule has 4 atom stereocenters. The first-order valence-corrected chi connectivity index (χ1v) is 12.3. The first-order valence-electron chi connectivity index (χ1n) is 12.3. The molecule has 0 spiro atoms. The zero-order valence-corrected chi connectivity index (χ0v) is 21.1. The van der Waals surface area contributed by atoms with Gasteiger partial charge in [0.1, 0.15) is 12.6 Å². The van der Waals surface area contributed by atoms with Crippen molar-refractivity contribution in [1.29, 1.82) is 0 Å². The number of alkyl carbamates (subject to hydrolysis) is 1. The van der Waals surface area contributed by atoms with Gasteiger partial charge in [0.15, 0.2) is 0 Å². The molecule has 0 bridgehead atoms. The first kappa shape index (κ1) is 26.3. The SMILES string of the molecule is CCC(C)C(NC(=O)C(C(C)C)C(C)NC(=O)OCC1c2ccccc2-c2ccccc21)C(=O)O. The number of nitrogens with one attached hydrogen (secondary N) is 2. The van der Waals surface area contributed by atoms with Crippen molar-refractivity contribution in [1.82, 2.24) is 10.6 Å². The Morgan fingerprint density at radius 2 is 1.46 bits per heavy atom. The Morgan fingerprint density at radius 3 is 1.94 bits per heavy atom. The summed E-state index contributed by atoms with van der Waals surface area (Å²) >= 11 is 0. The van der Waals surface area contributed by atoms with Gasteiger partial charge < -0.3 is 20.5 Å². The average molecular weight is 481 g/mol. The van der Waals surface area contributed by atoms with E-state index in [4.69, 9.17) is 4.74 Å². The highest BCUT2D eigenvalue weighted by atomic mass is 16.5. The van der Waals surface area contributed by atoms with Crippen LogP contribution >= 0.6 is 0 Å². The molecule has 1 aliphatic rings. The van der Waals surface area contributed by atoms with E-state index < -0.39 is 30.1 Å². The molecule has 2 aromatic rings. The maximum absolute atomic E-state index is 13.0. The molecular weight excluding hydrogens is 444 g/mol. The number of hydrogen-bond acceptors (Lipinski definition) is 4. The fourth-order valence-electron chi connectivity index (χ4n) is 4.96. The molecule has 2 aromatic carbocycles. The molecule has 0 saturated carbocycles. The predicted octanol–water partition coefficient (Wildman–Crippen LogP) is 4.80. The van der Waals surface area contributed by atoms with Crippen molar-refractivity contribution in [2.24, 2.45) is 17.8 Å². The Kier molecular flexibility index (Phi) is 8.54. The molecule has 7 heteroatoms. The molecule has 35 heavy (non-hydrogen) atoms. The number of carboxylic acids is 1. The second kappa shape index (κ2) is 11.4. The van der Waals surface area contributed by atoms with E-state index in [0.717, 1.165) is 22.3 Å². The average Bonchev–Trinajstić information content (AvgIpc) is 3.14. The lowest BCUT2D eigenvalue weighted by atomic mass is 9.87. The number of ether oxygens (including phenoxy) is 1. The lowest BCUT2D eigenvalue weighted by Crippen LogP contribution is -2.53. The van der Waals surface area contributed by atoms with Gasteiger partial charge in [0.2, 0.25) is 5.91 Å². The van der Waals surface area contributed by atoms with Crippen molar-refractivity contribution in [2.45, 2.75) is 59.0 Å². The van der Waals surface area contributed by atoms with Gasteiger partial charge in [0, 0.05) is 12.0 Å². The molecule has 0 aliphatic heterocycles. The van der Waals surface area contributed by atoms with Crippen molar-refractivity contribution >= 4 is 18.0 Å². The quantitative estimate of drug-likeness (QED) is 0.453. The van der Waals surface area contributed by atoms with Crippen molar-refractivity contribution < 1.29 is 24.2 Å². The number of fused-ring (bicyclic) bond motifs is 3. The molecular formula is C28H36N2O5. The lowest BCUT2D eigenvalue weighted by molar-refractivity contribution is -0.144. The standard InChI is InChI=1S/C28H36N2O5/c1-6-17(4)25(27(32)33)30-26(31)24(16(2)3)18(5)29-28(34)35-15-23-21-13-9-7-11-19(21)20-12-8-10-14-22(20)23/h7-14,16-18,23-25H,6,15H2,1-5H3,(H,29,34)(H,30,31)(H,32,33). The molecule has 188 valence electrons. The van der Waals surface area contributed by atoms with Crippen LogP contribution in [0.2, 0.25) is 0 Å².